The van der Waals surface area contributed by atoms with Gasteiger partial charge in [0.2, 0.25) is 10.0 Å². The van der Waals surface area contributed by atoms with Crippen LogP contribution in [0.25, 0.3) is 0 Å². The maximum absolute atomic E-state index is 12.8. The van der Waals surface area contributed by atoms with Gasteiger partial charge < -0.3 is 10.4 Å². The summed E-state index contributed by atoms with van der Waals surface area (Å²) in [5.74, 6) is -1.29. The summed E-state index contributed by atoms with van der Waals surface area (Å²) < 4.78 is 63.5. The zero-order valence-corrected chi connectivity index (χ0v) is 11.8. The number of carbonyl (C=O) groups is 1. The first kappa shape index (κ1) is 17.2. The van der Waals surface area contributed by atoms with Gasteiger partial charge in [-0.15, -0.1) is 0 Å². The Morgan fingerprint density at radius 3 is 2.29 bits per heavy atom. The summed E-state index contributed by atoms with van der Waals surface area (Å²) in [6.07, 6.45) is -4.76. The largest absolute Gasteiger partial charge is 0.480 e. The third-order valence-corrected chi connectivity index (χ3v) is 3.96. The molecule has 0 saturated carbocycles. The number of halogens is 3. The number of carboxylic acids is 1. The minimum Gasteiger partial charge on any atom is -0.480 e. The lowest BCUT2D eigenvalue weighted by Crippen LogP contribution is -2.26. The molecule has 0 spiro atoms. The Labute approximate surface area is 119 Å². The summed E-state index contributed by atoms with van der Waals surface area (Å²) in [7, 11) is -3.04. The van der Waals surface area contributed by atoms with Gasteiger partial charge in [0.15, 0.2) is 0 Å². The fourth-order valence-electron chi connectivity index (χ4n) is 1.43. The molecule has 6 nitrogen and oxygen atoms in total. The van der Waals surface area contributed by atoms with Crippen LogP contribution < -0.4 is 10.0 Å². The number of sulfonamides is 1. The molecule has 0 fully saturated rings. The molecule has 0 aliphatic heterocycles. The van der Waals surface area contributed by atoms with E-state index in [4.69, 9.17) is 5.11 Å². The Bertz CT molecular complexity index is 643. The van der Waals surface area contributed by atoms with Crippen LogP contribution in [0.15, 0.2) is 23.1 Å². The Hall–Kier alpha value is -1.81. The number of rotatable bonds is 5. The topological polar surface area (TPSA) is 95.5 Å². The van der Waals surface area contributed by atoms with Crippen molar-refractivity contribution < 1.29 is 31.5 Å². The molecule has 118 valence electrons. The van der Waals surface area contributed by atoms with E-state index in [1.165, 1.54) is 6.92 Å². The van der Waals surface area contributed by atoms with Crippen molar-refractivity contribution >= 4 is 21.7 Å². The van der Waals surface area contributed by atoms with Crippen LogP contribution >= 0.6 is 0 Å². The highest BCUT2D eigenvalue weighted by atomic mass is 32.2. The molecular formula is C11H13F3N2O4S. The monoisotopic (exact) mass is 326 g/mol. The maximum atomic E-state index is 12.8. The first-order chi connectivity index (χ1) is 9.47. The molecule has 0 bridgehead atoms. The Morgan fingerprint density at radius 2 is 1.86 bits per heavy atom. The van der Waals surface area contributed by atoms with Crippen molar-refractivity contribution in [1.29, 1.82) is 0 Å². The third kappa shape index (κ3) is 4.33. The van der Waals surface area contributed by atoms with Gasteiger partial charge in [0, 0.05) is 5.69 Å². The van der Waals surface area contributed by atoms with Crippen LogP contribution in [0.5, 0.6) is 0 Å². The van der Waals surface area contributed by atoms with Gasteiger partial charge in [0.25, 0.3) is 0 Å². The molecule has 0 aromatic heterocycles. The minimum absolute atomic E-state index is 0.256. The standard InChI is InChI=1S/C11H13F3N2O4S/c1-6(10(17)18)16-8-3-7(11(12,13)14)4-9(5-8)21(19,20)15-2/h3-6,15-16H,1-2H3,(H,17,18). The lowest BCUT2D eigenvalue weighted by molar-refractivity contribution is -0.138. The van der Waals surface area contributed by atoms with Crippen LogP contribution in [0.2, 0.25) is 0 Å². The van der Waals surface area contributed by atoms with Crippen molar-refractivity contribution in [2.45, 2.75) is 24.0 Å². The molecule has 1 unspecified atom stereocenters. The van der Waals surface area contributed by atoms with Crippen LogP contribution in [0, 0.1) is 0 Å². The Kier molecular flexibility index (Phi) is 4.84. The second-order valence-electron chi connectivity index (χ2n) is 4.16. The molecule has 10 heteroatoms. The van der Waals surface area contributed by atoms with Gasteiger partial charge in [-0.25, -0.2) is 13.1 Å². The van der Waals surface area contributed by atoms with E-state index in [0.717, 1.165) is 13.1 Å². The van der Waals surface area contributed by atoms with Crippen LogP contribution in [0.1, 0.15) is 12.5 Å². The predicted molar refractivity (Wildman–Crippen MR) is 68.4 cm³/mol. The number of aliphatic carboxylic acids is 1. The molecule has 0 heterocycles. The average Bonchev–Trinajstić information content (AvgIpc) is 2.37. The second-order valence-corrected chi connectivity index (χ2v) is 6.04. The minimum atomic E-state index is -4.76. The molecule has 1 atom stereocenters. The number of alkyl halides is 3. The van der Waals surface area contributed by atoms with Crippen molar-refractivity contribution in [2.24, 2.45) is 0 Å². The van der Waals surface area contributed by atoms with Crippen LogP contribution in [-0.2, 0) is 21.0 Å². The van der Waals surface area contributed by atoms with E-state index in [1.807, 2.05) is 4.72 Å². The van der Waals surface area contributed by atoms with Gasteiger partial charge in [0.1, 0.15) is 6.04 Å². The van der Waals surface area contributed by atoms with Crippen molar-refractivity contribution in [3.05, 3.63) is 23.8 Å². The van der Waals surface area contributed by atoms with Crippen LogP contribution in [-0.4, -0.2) is 32.6 Å². The molecule has 0 radical (unpaired) electrons. The van der Waals surface area contributed by atoms with Gasteiger partial charge in [-0.1, -0.05) is 0 Å². The summed E-state index contributed by atoms with van der Waals surface area (Å²) in [4.78, 5) is 10.1. The third-order valence-electron chi connectivity index (χ3n) is 2.57. The van der Waals surface area contributed by atoms with E-state index < -0.39 is 38.7 Å². The van der Waals surface area contributed by atoms with Crippen LogP contribution in [0.4, 0.5) is 18.9 Å². The maximum Gasteiger partial charge on any atom is 0.416 e. The molecule has 0 amide bonds. The van der Waals surface area contributed by atoms with Gasteiger partial charge >= 0.3 is 12.1 Å². The zero-order chi connectivity index (χ0) is 16.4. The molecule has 21 heavy (non-hydrogen) atoms. The molecule has 1 aromatic rings. The summed E-state index contributed by atoms with van der Waals surface area (Å²) in [6.45, 7) is 1.22. The van der Waals surface area contributed by atoms with Crippen molar-refractivity contribution in [3.63, 3.8) is 0 Å². The Balaban J connectivity index is 3.39. The Morgan fingerprint density at radius 1 is 1.29 bits per heavy atom. The predicted octanol–water partition coefficient (Wildman–Crippen LogP) is 1.50. The van der Waals surface area contributed by atoms with Crippen molar-refractivity contribution in [3.8, 4) is 0 Å². The van der Waals surface area contributed by atoms with Crippen molar-refractivity contribution in [1.82, 2.24) is 4.72 Å². The molecule has 0 aliphatic carbocycles. The van der Waals surface area contributed by atoms with Crippen molar-refractivity contribution in [2.75, 3.05) is 12.4 Å². The number of hydrogen-bond acceptors (Lipinski definition) is 4. The molecule has 1 aromatic carbocycles. The van der Waals surface area contributed by atoms with Gasteiger partial charge in [0.05, 0.1) is 10.5 Å². The van der Waals surface area contributed by atoms with E-state index in [-0.39, 0.29) is 5.69 Å². The number of carboxylic acid groups (broad SMARTS) is 1. The highest BCUT2D eigenvalue weighted by Gasteiger charge is 2.32. The first-order valence-electron chi connectivity index (χ1n) is 5.62. The molecule has 1 rings (SSSR count). The fraction of sp³-hybridized carbons (Fsp3) is 0.364. The van der Waals surface area contributed by atoms with Gasteiger partial charge in [-0.3, -0.25) is 4.79 Å². The molecule has 3 N–H and O–H groups in total. The fourth-order valence-corrected chi connectivity index (χ4v) is 2.23. The van der Waals surface area contributed by atoms with E-state index in [1.54, 1.807) is 0 Å². The summed E-state index contributed by atoms with van der Waals surface area (Å²) >= 11 is 0. The quantitative estimate of drug-likeness (QED) is 0.762. The molecule has 0 aliphatic rings. The lowest BCUT2D eigenvalue weighted by atomic mass is 10.2. The zero-order valence-electron chi connectivity index (χ0n) is 11.0. The average molecular weight is 326 g/mol. The van der Waals surface area contributed by atoms with Crippen LogP contribution in [0.3, 0.4) is 0 Å². The number of nitrogens with one attached hydrogen (secondary N) is 2. The summed E-state index contributed by atoms with van der Waals surface area (Å²) in [5.41, 5.74) is -1.45. The summed E-state index contributed by atoms with van der Waals surface area (Å²) in [6, 6.07) is 0.871. The SMILES string of the molecule is CNS(=O)(=O)c1cc(NC(C)C(=O)O)cc(C(F)(F)F)c1. The second kappa shape index (κ2) is 5.90. The van der Waals surface area contributed by atoms with Gasteiger partial charge in [-0.05, 0) is 32.2 Å². The highest BCUT2D eigenvalue weighted by molar-refractivity contribution is 7.89. The summed E-state index contributed by atoms with van der Waals surface area (Å²) in [5, 5.41) is 11.0. The number of anilines is 1. The normalized spacial score (nSPS) is 13.8. The van der Waals surface area contributed by atoms with E-state index in [2.05, 4.69) is 5.32 Å². The van der Waals surface area contributed by atoms with E-state index >= 15 is 0 Å². The smallest absolute Gasteiger partial charge is 0.416 e. The molecule has 0 saturated heterocycles. The highest BCUT2D eigenvalue weighted by Crippen LogP contribution is 2.33. The first-order valence-corrected chi connectivity index (χ1v) is 7.11. The van der Waals surface area contributed by atoms with E-state index in [9.17, 15) is 26.4 Å². The lowest BCUT2D eigenvalue weighted by Gasteiger charge is -2.15. The van der Waals surface area contributed by atoms with Gasteiger partial charge in [-0.2, -0.15) is 13.2 Å². The number of hydrogen-bond donors (Lipinski definition) is 3. The molecular weight excluding hydrogens is 313 g/mol. The number of benzene rings is 1. The van der Waals surface area contributed by atoms with E-state index in [0.29, 0.717) is 12.1 Å².